The SMILES string of the molecule is Cc1ccc(-n2c(C)c(CNCCCN(C)c3ccccc3)c(C(=O)O)c2C)cc1. The Hall–Kier alpha value is -3.05. The van der Waals surface area contributed by atoms with Crippen LogP contribution < -0.4 is 10.2 Å². The van der Waals surface area contributed by atoms with Crippen LogP contribution in [0, 0.1) is 20.8 Å². The lowest BCUT2D eigenvalue weighted by Gasteiger charge is -2.19. The second-order valence-corrected chi connectivity index (χ2v) is 7.79. The average Bonchev–Trinajstić information content (AvgIpc) is 2.99. The van der Waals surface area contributed by atoms with Crippen molar-refractivity contribution in [3.63, 3.8) is 0 Å². The summed E-state index contributed by atoms with van der Waals surface area (Å²) in [6.07, 6.45) is 0.977. The van der Waals surface area contributed by atoms with Crippen LogP contribution in [0.15, 0.2) is 54.6 Å². The first-order chi connectivity index (χ1) is 14.4. The molecule has 0 atom stereocenters. The average molecular weight is 406 g/mol. The van der Waals surface area contributed by atoms with Crippen molar-refractivity contribution in [1.82, 2.24) is 9.88 Å². The van der Waals surface area contributed by atoms with E-state index in [1.54, 1.807) is 0 Å². The second kappa shape index (κ2) is 9.63. The minimum atomic E-state index is -0.873. The monoisotopic (exact) mass is 405 g/mol. The molecule has 0 unspecified atom stereocenters. The minimum Gasteiger partial charge on any atom is -0.478 e. The highest BCUT2D eigenvalue weighted by Gasteiger charge is 2.23. The van der Waals surface area contributed by atoms with E-state index in [2.05, 4.69) is 41.5 Å². The number of anilines is 1. The second-order valence-electron chi connectivity index (χ2n) is 7.79. The van der Waals surface area contributed by atoms with E-state index in [-0.39, 0.29) is 0 Å². The van der Waals surface area contributed by atoms with E-state index < -0.39 is 5.97 Å². The number of carboxylic acid groups (broad SMARTS) is 1. The molecule has 0 amide bonds. The van der Waals surface area contributed by atoms with Gasteiger partial charge in [-0.2, -0.15) is 0 Å². The number of hydrogen-bond donors (Lipinski definition) is 2. The van der Waals surface area contributed by atoms with Gasteiger partial charge < -0.3 is 19.9 Å². The third-order valence-electron chi connectivity index (χ3n) is 5.62. The van der Waals surface area contributed by atoms with Crippen molar-refractivity contribution in [2.45, 2.75) is 33.7 Å². The van der Waals surface area contributed by atoms with Crippen molar-refractivity contribution in [3.8, 4) is 5.69 Å². The first-order valence-corrected chi connectivity index (χ1v) is 10.4. The molecule has 0 fully saturated rings. The van der Waals surface area contributed by atoms with E-state index in [1.807, 2.05) is 55.7 Å². The highest BCUT2D eigenvalue weighted by molar-refractivity contribution is 5.91. The summed E-state index contributed by atoms with van der Waals surface area (Å²) in [6, 6.07) is 18.5. The lowest BCUT2D eigenvalue weighted by atomic mass is 10.1. The first kappa shape index (κ1) is 21.7. The molecule has 1 heterocycles. The number of carbonyl (C=O) groups is 1. The fourth-order valence-corrected chi connectivity index (χ4v) is 3.95. The lowest BCUT2D eigenvalue weighted by molar-refractivity contribution is 0.0695. The summed E-state index contributed by atoms with van der Waals surface area (Å²) in [7, 11) is 2.09. The lowest BCUT2D eigenvalue weighted by Crippen LogP contribution is -2.24. The van der Waals surface area contributed by atoms with E-state index in [4.69, 9.17) is 0 Å². The van der Waals surface area contributed by atoms with Gasteiger partial charge >= 0.3 is 5.97 Å². The number of rotatable bonds is 9. The molecule has 0 bridgehead atoms. The zero-order chi connectivity index (χ0) is 21.7. The molecule has 1 aromatic heterocycles. The van der Waals surface area contributed by atoms with Gasteiger partial charge in [-0.3, -0.25) is 0 Å². The van der Waals surface area contributed by atoms with E-state index in [0.717, 1.165) is 42.1 Å². The summed E-state index contributed by atoms with van der Waals surface area (Å²) in [5.74, 6) is -0.873. The number of para-hydroxylation sites is 1. The van der Waals surface area contributed by atoms with Crippen molar-refractivity contribution in [2.24, 2.45) is 0 Å². The van der Waals surface area contributed by atoms with Gasteiger partial charge in [-0.25, -0.2) is 4.79 Å². The molecule has 3 rings (SSSR count). The Morgan fingerprint density at radius 3 is 2.30 bits per heavy atom. The topological polar surface area (TPSA) is 57.5 Å². The third kappa shape index (κ3) is 4.74. The Labute approximate surface area is 179 Å². The standard InChI is InChI=1S/C25H31N3O2/c1-18-11-13-22(14-12-18)28-19(2)23(24(20(28)3)25(29)30)17-26-15-8-16-27(4)21-9-6-5-7-10-21/h5-7,9-14,26H,8,15-17H2,1-4H3,(H,29,30). The molecule has 0 spiro atoms. The summed E-state index contributed by atoms with van der Waals surface area (Å²) in [5, 5.41) is 13.3. The van der Waals surface area contributed by atoms with Crippen molar-refractivity contribution in [2.75, 3.05) is 25.0 Å². The van der Waals surface area contributed by atoms with Crippen molar-refractivity contribution < 1.29 is 9.90 Å². The van der Waals surface area contributed by atoms with E-state index >= 15 is 0 Å². The number of nitrogens with one attached hydrogen (secondary N) is 1. The zero-order valence-corrected chi connectivity index (χ0v) is 18.3. The van der Waals surface area contributed by atoms with Gasteiger partial charge in [0, 0.05) is 48.5 Å². The molecule has 5 heteroatoms. The summed E-state index contributed by atoms with van der Waals surface area (Å²) < 4.78 is 2.04. The fraction of sp³-hybridized carbons (Fsp3) is 0.320. The van der Waals surface area contributed by atoms with Crippen molar-refractivity contribution >= 4 is 11.7 Å². The zero-order valence-electron chi connectivity index (χ0n) is 18.3. The first-order valence-electron chi connectivity index (χ1n) is 10.4. The maximum atomic E-state index is 12.0. The maximum absolute atomic E-state index is 12.0. The van der Waals surface area contributed by atoms with Crippen LogP contribution in [0.5, 0.6) is 0 Å². The fourth-order valence-electron chi connectivity index (χ4n) is 3.95. The highest BCUT2D eigenvalue weighted by atomic mass is 16.4. The van der Waals surface area contributed by atoms with Gasteiger partial charge in [0.25, 0.3) is 0 Å². The van der Waals surface area contributed by atoms with Crippen LogP contribution >= 0.6 is 0 Å². The molecule has 5 nitrogen and oxygen atoms in total. The summed E-state index contributed by atoms with van der Waals surface area (Å²) >= 11 is 0. The number of hydrogen-bond acceptors (Lipinski definition) is 3. The molecule has 0 radical (unpaired) electrons. The Morgan fingerprint density at radius 2 is 1.67 bits per heavy atom. The van der Waals surface area contributed by atoms with Gasteiger partial charge in [-0.1, -0.05) is 35.9 Å². The molecule has 2 N–H and O–H groups in total. The van der Waals surface area contributed by atoms with Gasteiger partial charge in [0.2, 0.25) is 0 Å². The van der Waals surface area contributed by atoms with E-state index in [9.17, 15) is 9.90 Å². The molecule has 2 aromatic carbocycles. The molecule has 3 aromatic rings. The number of nitrogens with zero attached hydrogens (tertiary/aromatic N) is 2. The van der Waals surface area contributed by atoms with Crippen molar-refractivity contribution in [1.29, 1.82) is 0 Å². The maximum Gasteiger partial charge on any atom is 0.337 e. The van der Waals surface area contributed by atoms with Crippen LogP contribution in [0.4, 0.5) is 5.69 Å². The van der Waals surface area contributed by atoms with Gasteiger partial charge in [-0.15, -0.1) is 0 Å². The van der Waals surface area contributed by atoms with Gasteiger partial charge in [-0.05, 0) is 58.0 Å². The Bertz CT molecular complexity index is 991. The van der Waals surface area contributed by atoms with Crippen LogP contribution in [-0.4, -0.2) is 35.8 Å². The Balaban J connectivity index is 1.67. The molecular weight excluding hydrogens is 374 g/mol. The minimum absolute atomic E-state index is 0.405. The summed E-state index contributed by atoms with van der Waals surface area (Å²) in [4.78, 5) is 14.2. The molecular formula is C25H31N3O2. The molecule has 0 saturated carbocycles. The molecule has 30 heavy (non-hydrogen) atoms. The normalized spacial score (nSPS) is 10.9. The molecule has 0 aliphatic rings. The third-order valence-corrected chi connectivity index (χ3v) is 5.62. The summed E-state index contributed by atoms with van der Waals surface area (Å²) in [6.45, 7) is 8.23. The Kier molecular flexibility index (Phi) is 6.95. The van der Waals surface area contributed by atoms with Crippen LogP contribution in [0.1, 0.15) is 39.3 Å². The largest absolute Gasteiger partial charge is 0.478 e. The van der Waals surface area contributed by atoms with Gasteiger partial charge in [0.15, 0.2) is 0 Å². The van der Waals surface area contributed by atoms with Crippen LogP contribution in [0.3, 0.4) is 0 Å². The van der Waals surface area contributed by atoms with Crippen LogP contribution in [0.2, 0.25) is 0 Å². The Morgan fingerprint density at radius 1 is 1.00 bits per heavy atom. The number of aromatic carboxylic acids is 1. The summed E-state index contributed by atoms with van der Waals surface area (Å²) in [5.41, 5.74) is 6.38. The van der Waals surface area contributed by atoms with Crippen LogP contribution in [-0.2, 0) is 6.54 Å². The molecule has 158 valence electrons. The number of benzene rings is 2. The molecule has 0 aliphatic carbocycles. The van der Waals surface area contributed by atoms with Crippen LogP contribution in [0.25, 0.3) is 5.69 Å². The van der Waals surface area contributed by atoms with Gasteiger partial charge in [0.05, 0.1) is 5.56 Å². The van der Waals surface area contributed by atoms with Crippen molar-refractivity contribution in [3.05, 3.63) is 82.7 Å². The van der Waals surface area contributed by atoms with E-state index in [0.29, 0.717) is 12.1 Å². The quantitative estimate of drug-likeness (QED) is 0.506. The van der Waals surface area contributed by atoms with E-state index in [1.165, 1.54) is 11.3 Å². The molecule has 0 saturated heterocycles. The highest BCUT2D eigenvalue weighted by Crippen LogP contribution is 2.26. The predicted octanol–water partition coefficient (Wildman–Crippen LogP) is 4.72. The van der Waals surface area contributed by atoms with Gasteiger partial charge in [0.1, 0.15) is 0 Å². The smallest absolute Gasteiger partial charge is 0.337 e. The predicted molar refractivity (Wildman–Crippen MR) is 123 cm³/mol. The number of aromatic nitrogens is 1. The number of carboxylic acids is 1. The molecule has 0 aliphatic heterocycles. The number of aryl methyl sites for hydroxylation is 1.